The molecule has 0 radical (unpaired) electrons. The van der Waals surface area contributed by atoms with E-state index in [-0.39, 0.29) is 30.1 Å². The van der Waals surface area contributed by atoms with Crippen LogP contribution in [0.3, 0.4) is 0 Å². The first kappa shape index (κ1) is 31.0. The van der Waals surface area contributed by atoms with Crippen LogP contribution in [0.4, 0.5) is 0 Å². The van der Waals surface area contributed by atoms with Crippen molar-refractivity contribution in [2.45, 2.75) is 107 Å². The van der Waals surface area contributed by atoms with E-state index in [1.807, 2.05) is 4.90 Å². The number of aliphatic hydroxyl groups excluding tert-OH is 1. The van der Waals surface area contributed by atoms with Crippen LogP contribution in [-0.2, 0) is 16.1 Å². The van der Waals surface area contributed by atoms with Gasteiger partial charge in [-0.3, -0.25) is 14.5 Å². The van der Waals surface area contributed by atoms with E-state index in [0.29, 0.717) is 31.2 Å². The van der Waals surface area contributed by atoms with Crippen LogP contribution in [0.1, 0.15) is 99.7 Å². The first-order valence-electron chi connectivity index (χ1n) is 16.2. The molecule has 2 aromatic rings. The molecule has 2 aliphatic carbocycles. The Kier molecular flexibility index (Phi) is 9.96. The van der Waals surface area contributed by atoms with E-state index in [4.69, 9.17) is 0 Å². The topological polar surface area (TPSA) is 72.9 Å². The Balaban J connectivity index is 0.00000353. The van der Waals surface area contributed by atoms with Gasteiger partial charge in [-0.05, 0) is 73.0 Å². The Morgan fingerprint density at radius 2 is 1.57 bits per heavy atom. The number of carbonyl (C=O) groups excluding carboxylic acids is 2. The smallest absolute Gasteiger partial charge is 0.248 e. The average molecular weight is 594 g/mol. The second-order valence-corrected chi connectivity index (χ2v) is 13.1. The van der Waals surface area contributed by atoms with Crippen LogP contribution >= 0.6 is 12.4 Å². The predicted octanol–water partition coefficient (Wildman–Crippen LogP) is 5.78. The highest BCUT2D eigenvalue weighted by molar-refractivity contribution is 6.00. The zero-order valence-corrected chi connectivity index (χ0v) is 25.9. The number of halogens is 1. The van der Waals surface area contributed by atoms with Crippen LogP contribution in [0.15, 0.2) is 54.6 Å². The molecule has 2 N–H and O–H groups in total. The largest absolute Gasteiger partial charge is 0.390 e. The zero-order chi connectivity index (χ0) is 28.4. The molecule has 1 spiro atoms. The molecule has 228 valence electrons. The van der Waals surface area contributed by atoms with Crippen LogP contribution in [-0.4, -0.2) is 64.0 Å². The van der Waals surface area contributed by atoms with Gasteiger partial charge in [0.1, 0.15) is 11.6 Å². The van der Waals surface area contributed by atoms with Crippen LogP contribution in [0.25, 0.3) is 0 Å². The van der Waals surface area contributed by atoms with Crippen molar-refractivity contribution in [2.75, 3.05) is 19.6 Å². The number of aliphatic hydroxyl groups is 1. The van der Waals surface area contributed by atoms with Gasteiger partial charge in [0.15, 0.2) is 0 Å². The first-order chi connectivity index (χ1) is 20.0. The summed E-state index contributed by atoms with van der Waals surface area (Å²) in [6.45, 7) is 5.12. The summed E-state index contributed by atoms with van der Waals surface area (Å²) in [5, 5.41) is 14.2. The van der Waals surface area contributed by atoms with E-state index in [2.05, 4.69) is 71.7 Å². The lowest BCUT2D eigenvalue weighted by atomic mass is 9.78. The van der Waals surface area contributed by atoms with Gasteiger partial charge in [0.25, 0.3) is 0 Å². The number of likely N-dealkylation sites (tertiary alicyclic amines) is 1. The molecule has 2 saturated heterocycles. The number of unbranched alkanes of at least 4 members (excludes halogenated alkanes) is 1. The Labute approximate surface area is 257 Å². The van der Waals surface area contributed by atoms with Crippen LogP contribution in [0, 0.1) is 5.92 Å². The zero-order valence-electron chi connectivity index (χ0n) is 25.0. The molecule has 2 saturated carbocycles. The van der Waals surface area contributed by atoms with Crippen molar-refractivity contribution in [2.24, 2.45) is 5.92 Å². The number of hydrogen-bond donors (Lipinski definition) is 2. The lowest BCUT2D eigenvalue weighted by Crippen LogP contribution is -2.75. The molecule has 6 rings (SSSR count). The number of carbonyl (C=O) groups is 2. The number of piperidine rings is 1. The maximum Gasteiger partial charge on any atom is 0.248 e. The monoisotopic (exact) mass is 593 g/mol. The lowest BCUT2D eigenvalue weighted by molar-refractivity contribution is -0.166. The fourth-order valence-electron chi connectivity index (χ4n) is 7.80. The highest BCUT2D eigenvalue weighted by Crippen LogP contribution is 2.54. The number of amides is 2. The second-order valence-electron chi connectivity index (χ2n) is 13.1. The van der Waals surface area contributed by atoms with Gasteiger partial charge in [0.2, 0.25) is 11.8 Å². The SMILES string of the molecule is CCCCN1C(=O)[C@@H]([C@H](O)C2CCCCC2)NC(=O)C12CCN(Cc1ccc([C@@H]3C[C@@H]3c3ccccc3)cc1)CC2.Cl. The fourth-order valence-corrected chi connectivity index (χ4v) is 7.80. The van der Waals surface area contributed by atoms with Gasteiger partial charge in [-0.1, -0.05) is 87.2 Å². The number of nitrogens with one attached hydrogen (secondary N) is 1. The Bertz CT molecular complexity index is 1190. The summed E-state index contributed by atoms with van der Waals surface area (Å²) in [4.78, 5) is 31.9. The van der Waals surface area contributed by atoms with Crippen molar-refractivity contribution in [3.8, 4) is 0 Å². The van der Waals surface area contributed by atoms with Crippen LogP contribution in [0.2, 0.25) is 0 Å². The number of hydrogen-bond acceptors (Lipinski definition) is 4. The van der Waals surface area contributed by atoms with Gasteiger partial charge in [0.05, 0.1) is 6.10 Å². The van der Waals surface area contributed by atoms with E-state index in [9.17, 15) is 14.7 Å². The maximum atomic E-state index is 13.9. The van der Waals surface area contributed by atoms with E-state index < -0.39 is 17.7 Å². The Morgan fingerprint density at radius 1 is 0.929 bits per heavy atom. The third-order valence-corrected chi connectivity index (χ3v) is 10.5. The molecule has 6 nitrogen and oxygen atoms in total. The second kappa shape index (κ2) is 13.5. The maximum absolute atomic E-state index is 13.9. The minimum atomic E-state index is -0.808. The minimum Gasteiger partial charge on any atom is -0.390 e. The summed E-state index contributed by atoms with van der Waals surface area (Å²) in [7, 11) is 0. The summed E-state index contributed by atoms with van der Waals surface area (Å²) in [6, 6.07) is 19.1. The van der Waals surface area contributed by atoms with E-state index >= 15 is 0 Å². The van der Waals surface area contributed by atoms with Gasteiger partial charge >= 0.3 is 0 Å². The van der Waals surface area contributed by atoms with Crippen molar-refractivity contribution in [1.29, 1.82) is 0 Å². The summed E-state index contributed by atoms with van der Waals surface area (Å²) in [6.07, 6.45) is 8.79. The fraction of sp³-hybridized carbons (Fsp3) is 0.600. The molecular weight excluding hydrogens is 546 g/mol. The molecule has 4 aliphatic rings. The van der Waals surface area contributed by atoms with Crippen molar-refractivity contribution < 1.29 is 14.7 Å². The Morgan fingerprint density at radius 3 is 2.21 bits per heavy atom. The number of benzene rings is 2. The predicted molar refractivity (Wildman–Crippen MR) is 169 cm³/mol. The molecule has 4 fully saturated rings. The standard InChI is InChI=1S/C35H47N3O3.ClH/c1-2-3-20-38-33(40)31(32(39)28-12-8-5-9-13-28)36-34(41)35(38)18-21-37(22-19-35)24-25-14-16-27(17-15-25)30-23-29(30)26-10-6-4-7-11-26;/h4,6-7,10-11,14-17,28-32,39H,2-3,5,8-9,12-13,18-24H2,1H3,(H,36,41);1H/t29-,30+,31-,32-;/m1./s1. The highest BCUT2D eigenvalue weighted by Gasteiger charge is 2.55. The molecule has 2 heterocycles. The third-order valence-electron chi connectivity index (χ3n) is 10.5. The lowest BCUT2D eigenvalue weighted by Gasteiger charge is -2.52. The summed E-state index contributed by atoms with van der Waals surface area (Å²) < 4.78 is 0. The van der Waals surface area contributed by atoms with Gasteiger partial charge in [0, 0.05) is 26.2 Å². The molecule has 0 aromatic heterocycles. The number of piperazine rings is 1. The van der Waals surface area contributed by atoms with Gasteiger partial charge in [-0.25, -0.2) is 0 Å². The first-order valence-corrected chi connectivity index (χ1v) is 16.2. The van der Waals surface area contributed by atoms with Crippen molar-refractivity contribution in [3.63, 3.8) is 0 Å². The summed E-state index contributed by atoms with van der Waals surface area (Å²) in [5.41, 5.74) is 3.36. The molecule has 2 amide bonds. The van der Waals surface area contributed by atoms with Gasteiger partial charge < -0.3 is 15.3 Å². The molecular formula is C35H48ClN3O3. The van der Waals surface area contributed by atoms with Gasteiger partial charge in [-0.15, -0.1) is 12.4 Å². The van der Waals surface area contributed by atoms with E-state index in [0.717, 1.165) is 58.2 Å². The molecule has 7 heteroatoms. The molecule has 0 bridgehead atoms. The average Bonchev–Trinajstić information content (AvgIpc) is 3.82. The molecule has 2 aliphatic heterocycles. The van der Waals surface area contributed by atoms with E-state index in [1.54, 1.807) is 0 Å². The van der Waals surface area contributed by atoms with Crippen LogP contribution < -0.4 is 5.32 Å². The normalized spacial score (nSPS) is 26.9. The van der Waals surface area contributed by atoms with E-state index in [1.165, 1.54) is 29.5 Å². The molecule has 4 atom stereocenters. The Hall–Kier alpha value is -2.41. The van der Waals surface area contributed by atoms with Crippen LogP contribution in [0.5, 0.6) is 0 Å². The minimum absolute atomic E-state index is 0. The van der Waals surface area contributed by atoms with Crippen molar-refractivity contribution >= 4 is 24.2 Å². The highest BCUT2D eigenvalue weighted by atomic mass is 35.5. The molecule has 2 aromatic carbocycles. The number of rotatable bonds is 9. The van der Waals surface area contributed by atoms with Crippen molar-refractivity contribution in [1.82, 2.24) is 15.1 Å². The van der Waals surface area contributed by atoms with Crippen molar-refractivity contribution in [3.05, 3.63) is 71.3 Å². The third kappa shape index (κ3) is 6.27. The molecule has 42 heavy (non-hydrogen) atoms. The number of nitrogens with zero attached hydrogens (tertiary/aromatic N) is 2. The van der Waals surface area contributed by atoms with Gasteiger partial charge in [-0.2, -0.15) is 0 Å². The summed E-state index contributed by atoms with van der Waals surface area (Å²) >= 11 is 0. The summed E-state index contributed by atoms with van der Waals surface area (Å²) in [5.74, 6) is 1.22. The quantitative estimate of drug-likeness (QED) is 0.386. The molecule has 0 unspecified atom stereocenters.